The van der Waals surface area contributed by atoms with E-state index in [0.29, 0.717) is 13.2 Å². The lowest BCUT2D eigenvalue weighted by molar-refractivity contribution is -0.298. The Morgan fingerprint density at radius 3 is 2.26 bits per heavy atom. The molecule has 0 atom stereocenters. The molecule has 2 rings (SSSR count). The molecule has 1 amide bonds. The third-order valence-corrected chi connectivity index (χ3v) is 3.95. The van der Waals surface area contributed by atoms with Crippen LogP contribution >= 0.6 is 0 Å². The molecule has 0 radical (unpaired) electrons. The molecule has 3 N–H and O–H groups in total. The molecule has 1 saturated heterocycles. The lowest BCUT2D eigenvalue weighted by atomic mass is 9.88. The lowest BCUT2D eigenvalue weighted by Gasteiger charge is -2.46. The molecule has 5 heteroatoms. The maximum atomic E-state index is 11.7. The molecule has 19 heavy (non-hydrogen) atoms. The quantitative estimate of drug-likeness (QED) is 0.790. The topological polar surface area (TPSA) is 73.6 Å². The van der Waals surface area contributed by atoms with Crippen LogP contribution < -0.4 is 11.1 Å². The van der Waals surface area contributed by atoms with Gasteiger partial charge in [-0.25, -0.2) is 0 Å². The van der Waals surface area contributed by atoms with Crippen LogP contribution in [0.2, 0.25) is 0 Å². The Balaban J connectivity index is 1.81. The van der Waals surface area contributed by atoms with Crippen molar-refractivity contribution in [1.82, 2.24) is 5.32 Å². The van der Waals surface area contributed by atoms with Gasteiger partial charge in [-0.2, -0.15) is 0 Å². The van der Waals surface area contributed by atoms with Crippen molar-refractivity contribution >= 4 is 5.91 Å². The summed E-state index contributed by atoms with van der Waals surface area (Å²) < 4.78 is 11.7. The van der Waals surface area contributed by atoms with Crippen molar-refractivity contribution in [1.29, 1.82) is 0 Å². The monoisotopic (exact) mass is 270 g/mol. The molecule has 0 aromatic rings. The van der Waals surface area contributed by atoms with E-state index in [2.05, 4.69) is 5.32 Å². The number of amides is 1. The minimum atomic E-state index is -0.460. The van der Waals surface area contributed by atoms with Gasteiger partial charge in [-0.1, -0.05) is 13.8 Å². The van der Waals surface area contributed by atoms with Crippen LogP contribution in [0.1, 0.15) is 46.5 Å². The first-order valence-electron chi connectivity index (χ1n) is 7.19. The fourth-order valence-corrected chi connectivity index (χ4v) is 2.53. The van der Waals surface area contributed by atoms with E-state index in [1.807, 2.05) is 20.8 Å². The Morgan fingerprint density at radius 1 is 1.26 bits per heavy atom. The molecule has 0 aromatic carbocycles. The van der Waals surface area contributed by atoms with Crippen LogP contribution in [0.3, 0.4) is 0 Å². The zero-order chi connectivity index (χ0) is 14.1. The van der Waals surface area contributed by atoms with Crippen molar-refractivity contribution in [3.63, 3.8) is 0 Å². The summed E-state index contributed by atoms with van der Waals surface area (Å²) in [6.07, 6.45) is 3.46. The Kier molecular flexibility index (Phi) is 4.18. The molecular weight excluding hydrogens is 244 g/mol. The average molecular weight is 270 g/mol. The highest BCUT2D eigenvalue weighted by molar-refractivity contribution is 5.78. The molecule has 1 aliphatic carbocycles. The van der Waals surface area contributed by atoms with Gasteiger partial charge >= 0.3 is 0 Å². The first-order valence-corrected chi connectivity index (χ1v) is 7.19. The number of ether oxygens (including phenoxy) is 2. The summed E-state index contributed by atoms with van der Waals surface area (Å²) in [7, 11) is 0. The normalized spacial score (nSPS) is 39.5. The van der Waals surface area contributed by atoms with Crippen molar-refractivity contribution in [3.05, 3.63) is 0 Å². The summed E-state index contributed by atoms with van der Waals surface area (Å²) in [6.45, 7) is 6.84. The zero-order valence-corrected chi connectivity index (χ0v) is 12.2. The van der Waals surface area contributed by atoms with Crippen LogP contribution in [0.15, 0.2) is 0 Å². The van der Waals surface area contributed by atoms with Crippen LogP contribution in [-0.2, 0) is 14.3 Å². The van der Waals surface area contributed by atoms with Gasteiger partial charge in [0.1, 0.15) is 0 Å². The van der Waals surface area contributed by atoms with E-state index in [1.54, 1.807) is 0 Å². The number of carbonyl (C=O) groups excluding carboxylic acids is 1. The van der Waals surface area contributed by atoms with Gasteiger partial charge in [0.2, 0.25) is 5.91 Å². The van der Waals surface area contributed by atoms with E-state index in [0.717, 1.165) is 25.7 Å². The summed E-state index contributed by atoms with van der Waals surface area (Å²) >= 11 is 0. The highest BCUT2D eigenvalue weighted by Crippen LogP contribution is 2.36. The van der Waals surface area contributed by atoms with Crippen molar-refractivity contribution in [2.75, 3.05) is 13.2 Å². The molecule has 1 heterocycles. The predicted octanol–water partition coefficient (Wildman–Crippen LogP) is 1.16. The fourth-order valence-electron chi connectivity index (χ4n) is 2.53. The minimum Gasteiger partial charge on any atom is -0.353 e. The van der Waals surface area contributed by atoms with E-state index in [9.17, 15) is 4.79 Å². The van der Waals surface area contributed by atoms with Gasteiger partial charge in [0, 0.05) is 24.8 Å². The molecule has 1 aliphatic heterocycles. The molecule has 0 aromatic heterocycles. The number of carbonyl (C=O) groups is 1. The molecule has 2 aliphatic rings. The third-order valence-electron chi connectivity index (χ3n) is 3.95. The summed E-state index contributed by atoms with van der Waals surface area (Å²) in [5, 5.41) is 3.08. The molecule has 1 saturated carbocycles. The zero-order valence-electron chi connectivity index (χ0n) is 12.2. The third kappa shape index (κ3) is 3.68. The van der Waals surface area contributed by atoms with Crippen molar-refractivity contribution < 1.29 is 14.3 Å². The minimum absolute atomic E-state index is 0.0380. The van der Waals surface area contributed by atoms with E-state index < -0.39 is 5.79 Å². The molecular formula is C14H26N2O3. The summed E-state index contributed by atoms with van der Waals surface area (Å²) in [5.41, 5.74) is 5.61. The second-order valence-electron chi connectivity index (χ2n) is 6.58. The van der Waals surface area contributed by atoms with Crippen molar-refractivity contribution in [2.24, 2.45) is 11.7 Å². The smallest absolute Gasteiger partial charge is 0.222 e. The molecule has 5 nitrogen and oxygen atoms in total. The van der Waals surface area contributed by atoms with Crippen molar-refractivity contribution in [3.8, 4) is 0 Å². The maximum absolute atomic E-state index is 11.7. The van der Waals surface area contributed by atoms with Gasteiger partial charge in [-0.05, 0) is 19.8 Å². The fraction of sp³-hybridized carbons (Fsp3) is 0.929. The van der Waals surface area contributed by atoms with Crippen LogP contribution in [0.4, 0.5) is 0 Å². The second-order valence-corrected chi connectivity index (χ2v) is 6.58. The van der Waals surface area contributed by atoms with Crippen LogP contribution in [0.5, 0.6) is 0 Å². The second kappa shape index (κ2) is 5.38. The van der Waals surface area contributed by atoms with Crippen LogP contribution in [-0.4, -0.2) is 36.5 Å². The van der Waals surface area contributed by atoms with Gasteiger partial charge in [0.05, 0.1) is 18.8 Å². The van der Waals surface area contributed by atoms with Gasteiger partial charge in [-0.3, -0.25) is 4.79 Å². The lowest BCUT2D eigenvalue weighted by Crippen LogP contribution is -2.58. The highest BCUT2D eigenvalue weighted by atomic mass is 16.7. The van der Waals surface area contributed by atoms with Crippen LogP contribution in [0, 0.1) is 5.92 Å². The first kappa shape index (κ1) is 14.8. The maximum Gasteiger partial charge on any atom is 0.222 e. The SMILES string of the molecule is CC(C)C(=O)NC1CCC2(CC1)OCC(C)(N)CO2. The van der Waals surface area contributed by atoms with Gasteiger partial charge < -0.3 is 20.5 Å². The predicted molar refractivity (Wildman–Crippen MR) is 72.5 cm³/mol. The van der Waals surface area contributed by atoms with E-state index in [4.69, 9.17) is 15.2 Å². The number of hydrogen-bond acceptors (Lipinski definition) is 4. The highest BCUT2D eigenvalue weighted by Gasteiger charge is 2.43. The Labute approximate surface area is 115 Å². The van der Waals surface area contributed by atoms with Crippen molar-refractivity contribution in [2.45, 2.75) is 63.8 Å². The Hall–Kier alpha value is -0.650. The first-order chi connectivity index (χ1) is 8.82. The summed E-state index contributed by atoms with van der Waals surface area (Å²) in [6, 6.07) is 0.249. The average Bonchev–Trinajstić information content (AvgIpc) is 2.36. The van der Waals surface area contributed by atoms with Gasteiger partial charge in [0.15, 0.2) is 5.79 Å². The number of nitrogens with one attached hydrogen (secondary N) is 1. The molecule has 1 spiro atoms. The van der Waals surface area contributed by atoms with E-state index >= 15 is 0 Å². The standard InChI is InChI=1S/C14H26N2O3/c1-10(2)12(17)16-11-4-6-14(7-5-11)18-8-13(3,15)9-19-14/h10-11H,4-9,15H2,1-3H3,(H,16,17). The van der Waals surface area contributed by atoms with Gasteiger partial charge in [0.25, 0.3) is 0 Å². The van der Waals surface area contributed by atoms with Crippen LogP contribution in [0.25, 0.3) is 0 Å². The summed E-state index contributed by atoms with van der Waals surface area (Å²) in [4.78, 5) is 11.7. The largest absolute Gasteiger partial charge is 0.353 e. The Morgan fingerprint density at radius 2 is 1.79 bits per heavy atom. The number of rotatable bonds is 2. The number of hydrogen-bond donors (Lipinski definition) is 2. The Bertz CT molecular complexity index is 322. The summed E-state index contributed by atoms with van der Waals surface area (Å²) in [5.74, 6) is -0.297. The van der Waals surface area contributed by atoms with Gasteiger partial charge in [-0.15, -0.1) is 0 Å². The molecule has 2 fully saturated rings. The molecule has 110 valence electrons. The van der Waals surface area contributed by atoms with E-state index in [-0.39, 0.29) is 23.4 Å². The van der Waals surface area contributed by atoms with E-state index in [1.165, 1.54) is 0 Å². The molecule has 0 unspecified atom stereocenters. The number of nitrogens with two attached hydrogens (primary N) is 1. The molecule has 0 bridgehead atoms.